The number of halogens is 1. The van der Waals surface area contributed by atoms with Crippen LogP contribution in [0, 0.1) is 10.1 Å². The smallest absolute Gasteiger partial charge is 0.293 e. The molecule has 0 radical (unpaired) electrons. The predicted molar refractivity (Wildman–Crippen MR) is 56.3 cm³/mol. The fraction of sp³-hybridized carbons (Fsp3) is 0.375. The van der Waals surface area contributed by atoms with Gasteiger partial charge in [0.25, 0.3) is 0 Å². The SMILES string of the molecule is O=C1c2cc([N+](=O)[O-])sc2CCC1Br. The summed E-state index contributed by atoms with van der Waals surface area (Å²) in [6.07, 6.45) is 1.47. The van der Waals surface area contributed by atoms with E-state index in [0.717, 1.165) is 29.1 Å². The van der Waals surface area contributed by atoms with Gasteiger partial charge in [0, 0.05) is 16.5 Å². The van der Waals surface area contributed by atoms with E-state index in [1.54, 1.807) is 0 Å². The Balaban J connectivity index is 2.46. The Hall–Kier alpha value is -0.750. The fourth-order valence-electron chi connectivity index (χ4n) is 1.46. The van der Waals surface area contributed by atoms with Gasteiger partial charge in [0.05, 0.1) is 9.75 Å². The van der Waals surface area contributed by atoms with Crippen LogP contribution < -0.4 is 0 Å². The average Bonchev–Trinajstić information content (AvgIpc) is 2.56. The van der Waals surface area contributed by atoms with E-state index in [9.17, 15) is 14.9 Å². The molecule has 1 aromatic heterocycles. The van der Waals surface area contributed by atoms with Crippen molar-refractivity contribution in [1.82, 2.24) is 0 Å². The summed E-state index contributed by atoms with van der Waals surface area (Å²) in [7, 11) is 0. The van der Waals surface area contributed by atoms with Gasteiger partial charge in [-0.3, -0.25) is 14.9 Å². The number of carbonyl (C=O) groups excluding carboxylic acids is 1. The Bertz CT molecular complexity index is 415. The first-order valence-corrected chi connectivity index (χ1v) is 5.78. The van der Waals surface area contributed by atoms with E-state index in [0.29, 0.717) is 5.56 Å². The maximum Gasteiger partial charge on any atom is 0.325 e. The predicted octanol–water partition coefficient (Wildman–Crippen LogP) is 2.55. The molecule has 6 heteroatoms. The maximum absolute atomic E-state index is 11.6. The molecule has 2 rings (SSSR count). The zero-order valence-electron chi connectivity index (χ0n) is 7.03. The topological polar surface area (TPSA) is 60.2 Å². The summed E-state index contributed by atoms with van der Waals surface area (Å²) in [5.74, 6) is -0.0319. The lowest BCUT2D eigenvalue weighted by molar-refractivity contribution is -0.380. The standard InChI is InChI=1S/C8H6BrNO3S/c9-5-1-2-6-4(8(5)11)3-7(14-6)10(12)13/h3,5H,1-2H2. The summed E-state index contributed by atoms with van der Waals surface area (Å²) >= 11 is 4.36. The normalized spacial score (nSPS) is 20.6. The summed E-state index contributed by atoms with van der Waals surface area (Å²) in [6, 6.07) is 1.38. The van der Waals surface area contributed by atoms with Crippen LogP contribution in [0.15, 0.2) is 6.07 Å². The minimum absolute atomic E-state index is 0.0319. The van der Waals surface area contributed by atoms with Gasteiger partial charge in [-0.1, -0.05) is 27.3 Å². The molecule has 0 aromatic carbocycles. The third kappa shape index (κ3) is 1.48. The molecule has 0 amide bonds. The van der Waals surface area contributed by atoms with Crippen LogP contribution in [0.4, 0.5) is 5.00 Å². The molecule has 1 aliphatic carbocycles. The first-order chi connectivity index (χ1) is 6.59. The fourth-order valence-corrected chi connectivity index (χ4v) is 2.93. The van der Waals surface area contributed by atoms with Crippen LogP contribution in [0.25, 0.3) is 0 Å². The van der Waals surface area contributed by atoms with E-state index in [-0.39, 0.29) is 15.6 Å². The first-order valence-electron chi connectivity index (χ1n) is 4.05. The lowest BCUT2D eigenvalue weighted by Gasteiger charge is -2.13. The van der Waals surface area contributed by atoms with Crippen molar-refractivity contribution in [1.29, 1.82) is 0 Å². The number of thiophene rings is 1. The maximum atomic E-state index is 11.6. The molecule has 0 fully saturated rings. The molecule has 0 spiro atoms. The molecule has 14 heavy (non-hydrogen) atoms. The Morgan fingerprint density at radius 3 is 3.00 bits per heavy atom. The van der Waals surface area contributed by atoms with Crippen LogP contribution in [0.5, 0.6) is 0 Å². The van der Waals surface area contributed by atoms with Crippen molar-refractivity contribution in [3.63, 3.8) is 0 Å². The summed E-state index contributed by atoms with van der Waals surface area (Å²) in [6.45, 7) is 0. The molecule has 74 valence electrons. The van der Waals surface area contributed by atoms with Crippen molar-refractivity contribution in [3.8, 4) is 0 Å². The number of Topliss-reactive ketones (excluding diaryl/α,β-unsaturated/α-hetero) is 1. The highest BCUT2D eigenvalue weighted by Crippen LogP contribution is 2.35. The van der Waals surface area contributed by atoms with Gasteiger partial charge in [0.2, 0.25) is 0 Å². The Kier molecular flexibility index (Phi) is 2.40. The van der Waals surface area contributed by atoms with Crippen molar-refractivity contribution >= 4 is 38.1 Å². The highest BCUT2D eigenvalue weighted by molar-refractivity contribution is 9.10. The van der Waals surface area contributed by atoms with Crippen LogP contribution in [0.2, 0.25) is 0 Å². The van der Waals surface area contributed by atoms with Gasteiger partial charge in [-0.05, 0) is 12.8 Å². The number of alkyl halides is 1. The molecule has 1 heterocycles. The summed E-state index contributed by atoms with van der Waals surface area (Å²) in [5.41, 5.74) is 0.523. The molecule has 4 nitrogen and oxygen atoms in total. The van der Waals surface area contributed by atoms with Gasteiger partial charge in [-0.25, -0.2) is 0 Å². The molecule has 0 N–H and O–H groups in total. The molecule has 1 atom stereocenters. The average molecular weight is 276 g/mol. The van der Waals surface area contributed by atoms with Gasteiger partial charge >= 0.3 is 5.00 Å². The van der Waals surface area contributed by atoms with Crippen molar-refractivity contribution in [2.45, 2.75) is 17.7 Å². The van der Waals surface area contributed by atoms with Crippen molar-refractivity contribution in [2.24, 2.45) is 0 Å². The Morgan fingerprint density at radius 2 is 2.36 bits per heavy atom. The number of nitro groups is 1. The van der Waals surface area contributed by atoms with Crippen molar-refractivity contribution < 1.29 is 9.72 Å². The minimum atomic E-state index is -0.445. The number of carbonyl (C=O) groups is 1. The second-order valence-corrected chi connectivity index (χ2v) is 5.27. The van der Waals surface area contributed by atoms with Gasteiger partial charge in [0.1, 0.15) is 0 Å². The molecular formula is C8H6BrNO3S. The third-order valence-electron chi connectivity index (χ3n) is 2.15. The van der Waals surface area contributed by atoms with Gasteiger partial charge < -0.3 is 0 Å². The van der Waals surface area contributed by atoms with Crippen LogP contribution in [-0.4, -0.2) is 15.5 Å². The number of fused-ring (bicyclic) bond motifs is 1. The van der Waals surface area contributed by atoms with E-state index in [1.807, 2.05) is 0 Å². The monoisotopic (exact) mass is 275 g/mol. The van der Waals surface area contributed by atoms with Crippen LogP contribution in [-0.2, 0) is 6.42 Å². The number of ketones is 1. The van der Waals surface area contributed by atoms with Crippen LogP contribution >= 0.6 is 27.3 Å². The summed E-state index contributed by atoms with van der Waals surface area (Å²) in [4.78, 5) is 22.3. The molecule has 1 aromatic rings. The number of nitrogens with zero attached hydrogens (tertiary/aromatic N) is 1. The first kappa shape index (κ1) is 9.79. The van der Waals surface area contributed by atoms with Crippen molar-refractivity contribution in [2.75, 3.05) is 0 Å². The molecule has 0 saturated heterocycles. The zero-order valence-corrected chi connectivity index (χ0v) is 9.43. The number of hydrogen-bond acceptors (Lipinski definition) is 4. The third-order valence-corrected chi connectivity index (χ3v) is 4.17. The number of aryl methyl sites for hydroxylation is 1. The molecule has 0 aliphatic heterocycles. The highest BCUT2D eigenvalue weighted by atomic mass is 79.9. The molecule has 0 bridgehead atoms. The van der Waals surface area contributed by atoms with E-state index in [2.05, 4.69) is 15.9 Å². The molecular weight excluding hydrogens is 270 g/mol. The Morgan fingerprint density at radius 1 is 1.64 bits per heavy atom. The molecule has 0 saturated carbocycles. The lowest BCUT2D eigenvalue weighted by Crippen LogP contribution is -2.20. The van der Waals surface area contributed by atoms with E-state index >= 15 is 0 Å². The Labute approximate surface area is 92.2 Å². The van der Waals surface area contributed by atoms with Crippen molar-refractivity contribution in [3.05, 3.63) is 26.6 Å². The summed E-state index contributed by atoms with van der Waals surface area (Å²) < 4.78 is 0. The van der Waals surface area contributed by atoms with Crippen LogP contribution in [0.3, 0.4) is 0 Å². The zero-order chi connectivity index (χ0) is 10.3. The molecule has 1 aliphatic rings. The number of rotatable bonds is 1. The van der Waals surface area contributed by atoms with Gasteiger partial charge in [-0.15, -0.1) is 0 Å². The van der Waals surface area contributed by atoms with Gasteiger partial charge in [0.15, 0.2) is 5.78 Å². The summed E-state index contributed by atoms with van der Waals surface area (Å²) in [5, 5.41) is 10.6. The minimum Gasteiger partial charge on any atom is -0.293 e. The quantitative estimate of drug-likeness (QED) is 0.450. The highest BCUT2D eigenvalue weighted by Gasteiger charge is 2.29. The molecule has 1 unspecified atom stereocenters. The second-order valence-electron chi connectivity index (χ2n) is 3.05. The number of hydrogen-bond donors (Lipinski definition) is 0. The second kappa shape index (κ2) is 3.43. The largest absolute Gasteiger partial charge is 0.325 e. The van der Waals surface area contributed by atoms with E-state index in [1.165, 1.54) is 6.07 Å². The van der Waals surface area contributed by atoms with Crippen LogP contribution in [0.1, 0.15) is 21.7 Å². The van der Waals surface area contributed by atoms with Gasteiger partial charge in [-0.2, -0.15) is 0 Å². The van der Waals surface area contributed by atoms with E-state index in [4.69, 9.17) is 0 Å². The lowest BCUT2D eigenvalue weighted by atomic mass is 9.98. The van der Waals surface area contributed by atoms with E-state index < -0.39 is 4.92 Å².